The smallest absolute Gasteiger partial charge is 0.323 e. The van der Waals surface area contributed by atoms with Gasteiger partial charge in [0.25, 0.3) is 0 Å². The minimum atomic E-state index is -0.924. The lowest BCUT2D eigenvalue weighted by Gasteiger charge is -2.20. The first-order valence-electron chi connectivity index (χ1n) is 7.91. The van der Waals surface area contributed by atoms with Crippen LogP contribution < -0.4 is 4.90 Å². The Morgan fingerprint density at radius 3 is 2.62 bits per heavy atom. The maximum atomic E-state index is 11.1. The van der Waals surface area contributed by atoms with Gasteiger partial charge in [-0.25, -0.2) is 0 Å². The van der Waals surface area contributed by atoms with E-state index in [1.807, 2.05) is 37.3 Å². The molecule has 130 valence electrons. The molecule has 0 bridgehead atoms. The minimum absolute atomic E-state index is 0.152. The van der Waals surface area contributed by atoms with Gasteiger partial charge in [0.05, 0.1) is 6.54 Å². The normalized spacial score (nSPS) is 12.3. The number of aliphatic carboxylic acids is 1. The summed E-state index contributed by atoms with van der Waals surface area (Å²) in [6.45, 7) is 6.68. The number of anilines is 1. The van der Waals surface area contributed by atoms with Gasteiger partial charge in [0.15, 0.2) is 5.82 Å². The molecular weight excluding hydrogens is 310 g/mol. The molecule has 0 saturated heterocycles. The molecule has 24 heavy (non-hydrogen) atoms. The fraction of sp³-hybridized carbons (Fsp3) is 0.471. The third-order valence-electron chi connectivity index (χ3n) is 3.30. The first-order valence-corrected chi connectivity index (χ1v) is 7.91. The fourth-order valence-electron chi connectivity index (χ4n) is 2.11. The van der Waals surface area contributed by atoms with E-state index in [1.165, 1.54) is 0 Å². The molecule has 1 N–H and O–H groups in total. The van der Waals surface area contributed by atoms with E-state index in [2.05, 4.69) is 24.0 Å². The fourth-order valence-corrected chi connectivity index (χ4v) is 2.11. The van der Waals surface area contributed by atoms with Crippen LogP contribution in [-0.2, 0) is 16.1 Å². The highest BCUT2D eigenvalue weighted by Crippen LogP contribution is 2.18. The summed E-state index contributed by atoms with van der Waals surface area (Å²) in [5, 5.41) is 13.0. The Balaban J connectivity index is 2.06. The van der Waals surface area contributed by atoms with Gasteiger partial charge in [0.1, 0.15) is 12.6 Å². The third-order valence-corrected chi connectivity index (χ3v) is 3.30. The number of aromatic nitrogens is 2. The van der Waals surface area contributed by atoms with Gasteiger partial charge in [0.2, 0.25) is 5.89 Å². The van der Waals surface area contributed by atoms with Crippen LogP contribution in [0.1, 0.15) is 38.6 Å². The maximum Gasteiger partial charge on any atom is 0.323 e. The summed E-state index contributed by atoms with van der Waals surface area (Å²) in [5.41, 5.74) is 0.781. The molecule has 2 rings (SSSR count). The number of carboxylic acids is 1. The summed E-state index contributed by atoms with van der Waals surface area (Å²) < 4.78 is 10.9. The molecule has 1 heterocycles. The Morgan fingerprint density at radius 2 is 2.00 bits per heavy atom. The molecule has 0 radical (unpaired) electrons. The summed E-state index contributed by atoms with van der Waals surface area (Å²) in [6, 6.07) is 9.26. The first-order chi connectivity index (χ1) is 11.5. The van der Waals surface area contributed by atoms with E-state index in [1.54, 1.807) is 4.90 Å². The van der Waals surface area contributed by atoms with Crippen LogP contribution in [0.25, 0.3) is 0 Å². The zero-order valence-electron chi connectivity index (χ0n) is 14.2. The Bertz CT molecular complexity index is 642. The zero-order valence-corrected chi connectivity index (χ0v) is 14.2. The maximum absolute atomic E-state index is 11.1. The summed E-state index contributed by atoms with van der Waals surface area (Å²) in [5.74, 6) is 0.319. The van der Waals surface area contributed by atoms with Crippen LogP contribution >= 0.6 is 0 Å². The lowest BCUT2D eigenvalue weighted by atomic mass is 10.2. The van der Waals surface area contributed by atoms with Crippen molar-refractivity contribution in [3.05, 3.63) is 42.0 Å². The third kappa shape index (κ3) is 5.34. The Labute approximate surface area is 141 Å². The predicted molar refractivity (Wildman–Crippen MR) is 88.6 cm³/mol. The van der Waals surface area contributed by atoms with Crippen molar-refractivity contribution < 1.29 is 19.2 Å². The van der Waals surface area contributed by atoms with Gasteiger partial charge in [-0.15, -0.1) is 0 Å². The van der Waals surface area contributed by atoms with E-state index < -0.39 is 5.97 Å². The SMILES string of the molecule is CC(C)COC(C)c1noc(CN(CC(=O)O)c2ccccc2)n1. The van der Waals surface area contributed by atoms with E-state index in [0.29, 0.717) is 24.2 Å². The van der Waals surface area contributed by atoms with Crippen molar-refractivity contribution >= 4 is 11.7 Å². The second kappa shape index (κ2) is 8.44. The Hall–Kier alpha value is -2.41. The van der Waals surface area contributed by atoms with Crippen LogP contribution in [0, 0.1) is 5.92 Å². The second-order valence-corrected chi connectivity index (χ2v) is 6.00. The van der Waals surface area contributed by atoms with E-state index in [0.717, 1.165) is 5.69 Å². The topological polar surface area (TPSA) is 88.7 Å². The van der Waals surface area contributed by atoms with Gasteiger partial charge in [0, 0.05) is 12.3 Å². The van der Waals surface area contributed by atoms with Crippen molar-refractivity contribution in [3.8, 4) is 0 Å². The van der Waals surface area contributed by atoms with Crippen molar-refractivity contribution in [1.29, 1.82) is 0 Å². The predicted octanol–water partition coefficient (Wildman–Crippen LogP) is 2.89. The van der Waals surface area contributed by atoms with Crippen molar-refractivity contribution in [1.82, 2.24) is 10.1 Å². The first kappa shape index (κ1) is 17.9. The van der Waals surface area contributed by atoms with Crippen LogP contribution in [0.2, 0.25) is 0 Å². The quantitative estimate of drug-likeness (QED) is 0.754. The van der Waals surface area contributed by atoms with Crippen molar-refractivity contribution in [2.45, 2.75) is 33.4 Å². The highest BCUT2D eigenvalue weighted by molar-refractivity contribution is 5.73. The van der Waals surface area contributed by atoms with Crippen LogP contribution in [0.15, 0.2) is 34.9 Å². The molecule has 0 aliphatic carbocycles. The molecular formula is C17H23N3O4. The highest BCUT2D eigenvalue weighted by Gasteiger charge is 2.18. The standard InChI is InChI=1S/C17H23N3O4/c1-12(2)11-23-13(3)17-18-15(24-19-17)9-20(10-16(21)22)14-7-5-4-6-8-14/h4-8,12-13H,9-11H2,1-3H3,(H,21,22). The molecule has 2 aromatic rings. The van der Waals surface area contributed by atoms with Gasteiger partial charge in [-0.3, -0.25) is 4.79 Å². The number of para-hydroxylation sites is 1. The number of ether oxygens (including phenoxy) is 1. The van der Waals surface area contributed by atoms with Gasteiger partial charge < -0.3 is 19.3 Å². The van der Waals surface area contributed by atoms with Crippen LogP contribution in [0.5, 0.6) is 0 Å². The highest BCUT2D eigenvalue weighted by atomic mass is 16.5. The van der Waals surface area contributed by atoms with E-state index in [9.17, 15) is 4.79 Å². The van der Waals surface area contributed by atoms with E-state index >= 15 is 0 Å². The largest absolute Gasteiger partial charge is 0.480 e. The molecule has 7 heteroatoms. The molecule has 0 aliphatic heterocycles. The monoisotopic (exact) mass is 333 g/mol. The summed E-state index contributed by atoms with van der Waals surface area (Å²) in [4.78, 5) is 17.1. The number of nitrogens with zero attached hydrogens (tertiary/aromatic N) is 3. The summed E-state index contributed by atoms with van der Waals surface area (Å²) in [7, 11) is 0. The number of rotatable bonds is 9. The number of carboxylic acid groups (broad SMARTS) is 1. The number of hydrogen-bond donors (Lipinski definition) is 1. The van der Waals surface area contributed by atoms with Gasteiger partial charge in [-0.1, -0.05) is 37.2 Å². The lowest BCUT2D eigenvalue weighted by molar-refractivity contribution is -0.135. The van der Waals surface area contributed by atoms with Crippen LogP contribution in [0.4, 0.5) is 5.69 Å². The average Bonchev–Trinajstić information content (AvgIpc) is 3.01. The van der Waals surface area contributed by atoms with Gasteiger partial charge in [-0.05, 0) is 25.0 Å². The van der Waals surface area contributed by atoms with Crippen LogP contribution in [0.3, 0.4) is 0 Å². The molecule has 0 aliphatic rings. The van der Waals surface area contributed by atoms with Crippen molar-refractivity contribution in [3.63, 3.8) is 0 Å². The second-order valence-electron chi connectivity index (χ2n) is 6.00. The molecule has 1 aromatic carbocycles. The number of hydrogen-bond acceptors (Lipinski definition) is 6. The molecule has 1 atom stereocenters. The average molecular weight is 333 g/mol. The van der Waals surface area contributed by atoms with E-state index in [4.69, 9.17) is 14.4 Å². The minimum Gasteiger partial charge on any atom is -0.480 e. The zero-order chi connectivity index (χ0) is 17.5. The molecule has 0 amide bonds. The molecule has 7 nitrogen and oxygen atoms in total. The van der Waals surface area contributed by atoms with Crippen molar-refractivity contribution in [2.75, 3.05) is 18.1 Å². The molecule has 0 saturated carbocycles. The molecule has 1 aromatic heterocycles. The number of benzene rings is 1. The van der Waals surface area contributed by atoms with Gasteiger partial charge >= 0.3 is 5.97 Å². The molecule has 1 unspecified atom stereocenters. The Kier molecular flexibility index (Phi) is 6.31. The lowest BCUT2D eigenvalue weighted by Crippen LogP contribution is -2.29. The van der Waals surface area contributed by atoms with Crippen LogP contribution in [-0.4, -0.2) is 34.4 Å². The summed E-state index contributed by atoms with van der Waals surface area (Å²) in [6.07, 6.45) is -0.269. The van der Waals surface area contributed by atoms with Gasteiger partial charge in [-0.2, -0.15) is 4.98 Å². The Morgan fingerprint density at radius 1 is 1.29 bits per heavy atom. The van der Waals surface area contributed by atoms with Crippen molar-refractivity contribution in [2.24, 2.45) is 5.92 Å². The van der Waals surface area contributed by atoms with E-state index in [-0.39, 0.29) is 19.2 Å². The number of carbonyl (C=O) groups is 1. The molecule has 0 fully saturated rings. The molecule has 0 spiro atoms. The summed E-state index contributed by atoms with van der Waals surface area (Å²) >= 11 is 0.